The van der Waals surface area contributed by atoms with Gasteiger partial charge < -0.3 is 14.7 Å². The number of hydrogen-bond acceptors (Lipinski definition) is 5. The van der Waals surface area contributed by atoms with Crippen LogP contribution in [0.2, 0.25) is 0 Å². The normalized spacial score (nSPS) is 24.1. The second-order valence-corrected chi connectivity index (χ2v) is 7.67. The lowest BCUT2D eigenvalue weighted by Crippen LogP contribution is -2.53. The van der Waals surface area contributed by atoms with Crippen LogP contribution in [0.15, 0.2) is 12.4 Å². The maximum Gasteiger partial charge on any atom is 0.225 e. The second kappa shape index (κ2) is 8.26. The molecule has 1 aromatic heterocycles. The van der Waals surface area contributed by atoms with Gasteiger partial charge in [0.15, 0.2) is 0 Å². The summed E-state index contributed by atoms with van der Waals surface area (Å²) in [7, 11) is 4.44. The molecule has 1 aromatic rings. The third-order valence-corrected chi connectivity index (χ3v) is 5.51. The summed E-state index contributed by atoms with van der Waals surface area (Å²) in [5.41, 5.74) is 1.25. The summed E-state index contributed by atoms with van der Waals surface area (Å²) in [5.74, 6) is 0.940. The van der Waals surface area contributed by atoms with Gasteiger partial charge in [-0.25, -0.2) is 9.97 Å². The first kappa shape index (κ1) is 17.6. The molecule has 5 nitrogen and oxygen atoms in total. The van der Waals surface area contributed by atoms with Crippen molar-refractivity contribution in [1.82, 2.24) is 19.8 Å². The Morgan fingerprint density at radius 2 is 1.75 bits per heavy atom. The third-order valence-electron chi connectivity index (χ3n) is 5.51. The van der Waals surface area contributed by atoms with Crippen LogP contribution in [0.25, 0.3) is 0 Å². The van der Waals surface area contributed by atoms with Crippen LogP contribution in [0.4, 0.5) is 5.95 Å². The molecule has 2 saturated heterocycles. The van der Waals surface area contributed by atoms with Gasteiger partial charge in [-0.2, -0.15) is 0 Å². The largest absolute Gasteiger partial charge is 0.332 e. The second-order valence-electron chi connectivity index (χ2n) is 7.67. The highest BCUT2D eigenvalue weighted by Gasteiger charge is 2.39. The Labute approximate surface area is 147 Å². The summed E-state index contributed by atoms with van der Waals surface area (Å²) < 4.78 is 0. The van der Waals surface area contributed by atoms with Gasteiger partial charge in [-0.3, -0.25) is 0 Å². The molecular formula is C19H33N5. The zero-order valence-electron chi connectivity index (χ0n) is 15.6. The molecule has 0 radical (unpaired) electrons. The van der Waals surface area contributed by atoms with E-state index in [2.05, 4.69) is 35.7 Å². The van der Waals surface area contributed by atoms with E-state index in [0.29, 0.717) is 12.1 Å². The van der Waals surface area contributed by atoms with Crippen molar-refractivity contribution in [3.05, 3.63) is 18.0 Å². The van der Waals surface area contributed by atoms with Crippen LogP contribution in [0.5, 0.6) is 0 Å². The molecule has 2 aliphatic rings. The number of aromatic nitrogens is 2. The van der Waals surface area contributed by atoms with Crippen molar-refractivity contribution >= 4 is 5.95 Å². The molecule has 5 heteroatoms. The number of piperazine rings is 1. The molecule has 0 saturated carbocycles. The fourth-order valence-corrected chi connectivity index (χ4v) is 4.11. The number of hydrogen-bond donors (Lipinski definition) is 0. The molecule has 0 aliphatic carbocycles. The summed E-state index contributed by atoms with van der Waals surface area (Å²) in [4.78, 5) is 16.7. The maximum atomic E-state index is 4.70. The monoisotopic (exact) mass is 331 g/mol. The Morgan fingerprint density at radius 1 is 1.08 bits per heavy atom. The van der Waals surface area contributed by atoms with Crippen LogP contribution in [0, 0.1) is 0 Å². The molecule has 0 spiro atoms. The predicted octanol–water partition coefficient (Wildman–Crippen LogP) is 2.42. The Bertz CT molecular complexity index is 489. The van der Waals surface area contributed by atoms with Gasteiger partial charge in [0.05, 0.1) is 0 Å². The standard InChI is InChI=1S/C19H33N5/c1-4-5-6-10-22(2)11-9-16-12-20-19(21-13-16)24-17-7-8-18(24)15-23(3)14-17/h12-13,17-18H,4-11,14-15H2,1-3H3. The van der Waals surface area contributed by atoms with Crippen LogP contribution in [-0.4, -0.2) is 72.1 Å². The van der Waals surface area contributed by atoms with Gasteiger partial charge in [0.1, 0.15) is 0 Å². The Hall–Kier alpha value is -1.20. The van der Waals surface area contributed by atoms with Crippen LogP contribution < -0.4 is 4.90 Å². The minimum atomic E-state index is 0.601. The van der Waals surface area contributed by atoms with Gasteiger partial charge in [-0.1, -0.05) is 19.8 Å². The smallest absolute Gasteiger partial charge is 0.225 e. The molecule has 2 aliphatic heterocycles. The van der Waals surface area contributed by atoms with E-state index in [-0.39, 0.29) is 0 Å². The van der Waals surface area contributed by atoms with Crippen molar-refractivity contribution in [2.45, 2.75) is 57.5 Å². The van der Waals surface area contributed by atoms with Crippen molar-refractivity contribution < 1.29 is 0 Å². The zero-order chi connectivity index (χ0) is 16.9. The number of anilines is 1. The fourth-order valence-electron chi connectivity index (χ4n) is 4.11. The predicted molar refractivity (Wildman–Crippen MR) is 99.5 cm³/mol. The van der Waals surface area contributed by atoms with E-state index in [0.717, 1.165) is 32.0 Å². The van der Waals surface area contributed by atoms with E-state index in [1.807, 2.05) is 12.4 Å². The van der Waals surface area contributed by atoms with Crippen molar-refractivity contribution in [2.24, 2.45) is 0 Å². The first-order valence-corrected chi connectivity index (χ1v) is 9.63. The van der Waals surface area contributed by atoms with Crippen LogP contribution in [0.3, 0.4) is 0 Å². The quantitative estimate of drug-likeness (QED) is 0.684. The Kier molecular flexibility index (Phi) is 6.06. The van der Waals surface area contributed by atoms with Gasteiger partial charge in [-0.15, -0.1) is 0 Å². The van der Waals surface area contributed by atoms with Crippen molar-refractivity contribution in [2.75, 3.05) is 45.2 Å². The lowest BCUT2D eigenvalue weighted by atomic mass is 10.2. The molecule has 3 rings (SSSR count). The first-order chi connectivity index (χ1) is 11.7. The maximum absolute atomic E-state index is 4.70. The highest BCUT2D eigenvalue weighted by Crippen LogP contribution is 2.32. The van der Waals surface area contributed by atoms with E-state index >= 15 is 0 Å². The highest BCUT2D eigenvalue weighted by atomic mass is 15.4. The summed E-state index contributed by atoms with van der Waals surface area (Å²) in [5, 5.41) is 0. The summed E-state index contributed by atoms with van der Waals surface area (Å²) >= 11 is 0. The van der Waals surface area contributed by atoms with Gasteiger partial charge in [-0.05, 0) is 51.9 Å². The van der Waals surface area contributed by atoms with Crippen LogP contribution in [-0.2, 0) is 6.42 Å². The first-order valence-electron chi connectivity index (χ1n) is 9.63. The lowest BCUT2D eigenvalue weighted by molar-refractivity contribution is 0.262. The van der Waals surface area contributed by atoms with Crippen molar-refractivity contribution in [3.8, 4) is 0 Å². The number of unbranched alkanes of at least 4 members (excludes halogenated alkanes) is 2. The molecule has 134 valence electrons. The molecule has 0 aromatic carbocycles. The number of nitrogens with zero attached hydrogens (tertiary/aromatic N) is 5. The number of likely N-dealkylation sites (tertiary alicyclic amines) is 1. The molecule has 0 N–H and O–H groups in total. The average Bonchev–Trinajstić information content (AvgIpc) is 2.85. The van der Waals surface area contributed by atoms with Gasteiger partial charge in [0.2, 0.25) is 5.95 Å². The highest BCUT2D eigenvalue weighted by molar-refractivity contribution is 5.37. The van der Waals surface area contributed by atoms with Gasteiger partial charge in [0, 0.05) is 44.1 Å². The average molecular weight is 332 g/mol. The van der Waals surface area contributed by atoms with E-state index in [1.165, 1.54) is 44.2 Å². The summed E-state index contributed by atoms with van der Waals surface area (Å²) in [6.07, 6.45) is 11.6. The molecule has 3 heterocycles. The number of likely N-dealkylation sites (N-methyl/N-ethyl adjacent to an activating group) is 2. The third kappa shape index (κ3) is 4.25. The molecule has 2 fully saturated rings. The van der Waals surface area contributed by atoms with E-state index in [9.17, 15) is 0 Å². The summed E-state index contributed by atoms with van der Waals surface area (Å²) in [6, 6.07) is 1.20. The zero-order valence-corrected chi connectivity index (χ0v) is 15.6. The Morgan fingerprint density at radius 3 is 2.38 bits per heavy atom. The van der Waals surface area contributed by atoms with Crippen molar-refractivity contribution in [1.29, 1.82) is 0 Å². The van der Waals surface area contributed by atoms with E-state index < -0.39 is 0 Å². The van der Waals surface area contributed by atoms with Crippen LogP contribution >= 0.6 is 0 Å². The molecule has 24 heavy (non-hydrogen) atoms. The Balaban J connectivity index is 1.51. The number of rotatable bonds is 8. The molecule has 2 atom stereocenters. The van der Waals surface area contributed by atoms with Crippen LogP contribution in [0.1, 0.15) is 44.6 Å². The lowest BCUT2D eigenvalue weighted by Gasteiger charge is -2.39. The van der Waals surface area contributed by atoms with Crippen molar-refractivity contribution in [3.63, 3.8) is 0 Å². The minimum absolute atomic E-state index is 0.601. The van der Waals surface area contributed by atoms with Gasteiger partial charge >= 0.3 is 0 Å². The molecule has 0 amide bonds. The van der Waals surface area contributed by atoms with E-state index in [4.69, 9.17) is 9.97 Å². The topological polar surface area (TPSA) is 35.5 Å². The SMILES string of the molecule is CCCCCN(C)CCc1cnc(N2C3CCC2CN(C)C3)nc1. The summed E-state index contributed by atoms with van der Waals surface area (Å²) in [6.45, 7) is 6.82. The fraction of sp³-hybridized carbons (Fsp3) is 0.789. The van der Waals surface area contributed by atoms with E-state index in [1.54, 1.807) is 0 Å². The number of fused-ring (bicyclic) bond motifs is 2. The molecule has 2 bridgehead atoms. The molecular weight excluding hydrogens is 298 g/mol. The van der Waals surface area contributed by atoms with Gasteiger partial charge in [0.25, 0.3) is 0 Å². The minimum Gasteiger partial charge on any atom is -0.332 e. The molecule has 2 unspecified atom stereocenters.